The summed E-state index contributed by atoms with van der Waals surface area (Å²) in [6, 6.07) is 10.8. The van der Waals surface area contributed by atoms with E-state index in [1.54, 1.807) is 0 Å². The van der Waals surface area contributed by atoms with Crippen LogP contribution >= 0.6 is 11.8 Å². The predicted molar refractivity (Wildman–Crippen MR) is 121 cm³/mol. The van der Waals surface area contributed by atoms with E-state index in [0.717, 1.165) is 44.6 Å². The molecule has 6 heteroatoms. The number of guanidine groups is 1. The van der Waals surface area contributed by atoms with Gasteiger partial charge in [-0.05, 0) is 37.9 Å². The average Bonchev–Trinajstić information content (AvgIpc) is 3.22. The zero-order chi connectivity index (χ0) is 19.6. The molecule has 156 valence electrons. The summed E-state index contributed by atoms with van der Waals surface area (Å²) in [6.07, 6.45) is 1.27. The standard InChI is InChI=1S/C22H37N5S/c1-3-23-22(24-11-13-26-16-14-25(4-2)15-17-26)27-12-10-20(18-27)19-28-21-8-6-5-7-9-21/h5-9,20H,3-4,10-19H2,1-2H3,(H,23,24). The Morgan fingerprint density at radius 3 is 2.54 bits per heavy atom. The van der Waals surface area contributed by atoms with Gasteiger partial charge in [0.2, 0.25) is 0 Å². The lowest BCUT2D eigenvalue weighted by atomic mass is 10.2. The van der Waals surface area contributed by atoms with Crippen molar-refractivity contribution in [2.24, 2.45) is 10.9 Å². The SMILES string of the molecule is CCNC(=NCCN1CCN(CC)CC1)N1CCC(CSc2ccccc2)C1. The Labute approximate surface area is 175 Å². The van der Waals surface area contributed by atoms with Gasteiger partial charge in [0.25, 0.3) is 0 Å². The Balaban J connectivity index is 1.42. The summed E-state index contributed by atoms with van der Waals surface area (Å²) in [7, 11) is 0. The van der Waals surface area contributed by atoms with E-state index in [-0.39, 0.29) is 0 Å². The monoisotopic (exact) mass is 403 g/mol. The zero-order valence-corrected chi connectivity index (χ0v) is 18.5. The summed E-state index contributed by atoms with van der Waals surface area (Å²) in [6.45, 7) is 15.5. The Bertz CT molecular complexity index is 586. The quantitative estimate of drug-likeness (QED) is 0.410. The molecule has 1 N–H and O–H groups in total. The van der Waals surface area contributed by atoms with Gasteiger partial charge in [0, 0.05) is 63.0 Å². The molecule has 2 aliphatic heterocycles. The minimum atomic E-state index is 0.746. The number of likely N-dealkylation sites (tertiary alicyclic amines) is 1. The van der Waals surface area contributed by atoms with Gasteiger partial charge in [-0.25, -0.2) is 0 Å². The van der Waals surface area contributed by atoms with E-state index < -0.39 is 0 Å². The smallest absolute Gasteiger partial charge is 0.193 e. The highest BCUT2D eigenvalue weighted by Crippen LogP contribution is 2.25. The molecular formula is C22H37N5S. The number of hydrogen-bond acceptors (Lipinski definition) is 4. The third kappa shape index (κ3) is 6.68. The van der Waals surface area contributed by atoms with E-state index >= 15 is 0 Å². The second-order valence-corrected chi connectivity index (χ2v) is 8.83. The number of thioether (sulfide) groups is 1. The van der Waals surface area contributed by atoms with E-state index in [1.165, 1.54) is 49.8 Å². The van der Waals surface area contributed by atoms with Crippen molar-refractivity contribution in [2.75, 3.05) is 71.2 Å². The highest BCUT2D eigenvalue weighted by Gasteiger charge is 2.25. The molecule has 0 bridgehead atoms. The fourth-order valence-corrected chi connectivity index (χ4v) is 4.99. The fourth-order valence-electron chi connectivity index (χ4n) is 3.94. The molecule has 2 heterocycles. The Hall–Kier alpha value is -1.24. The largest absolute Gasteiger partial charge is 0.357 e. The molecule has 2 fully saturated rings. The molecular weight excluding hydrogens is 366 g/mol. The summed E-state index contributed by atoms with van der Waals surface area (Å²) in [5.41, 5.74) is 0. The topological polar surface area (TPSA) is 34.1 Å². The Kier molecular flexibility index (Phi) is 8.96. The number of rotatable bonds is 8. The minimum Gasteiger partial charge on any atom is -0.357 e. The fraction of sp³-hybridized carbons (Fsp3) is 0.682. The minimum absolute atomic E-state index is 0.746. The molecule has 0 radical (unpaired) electrons. The molecule has 2 saturated heterocycles. The van der Waals surface area contributed by atoms with Crippen molar-refractivity contribution >= 4 is 17.7 Å². The van der Waals surface area contributed by atoms with Crippen LogP contribution in [-0.4, -0.2) is 91.9 Å². The number of nitrogens with one attached hydrogen (secondary N) is 1. The molecule has 1 aromatic rings. The second kappa shape index (κ2) is 11.7. The summed E-state index contributed by atoms with van der Waals surface area (Å²) in [5, 5.41) is 3.52. The maximum absolute atomic E-state index is 4.95. The van der Waals surface area contributed by atoms with Crippen molar-refractivity contribution in [3.05, 3.63) is 30.3 Å². The number of hydrogen-bond donors (Lipinski definition) is 1. The van der Waals surface area contributed by atoms with Crippen LogP contribution < -0.4 is 5.32 Å². The molecule has 0 aromatic heterocycles. The summed E-state index contributed by atoms with van der Waals surface area (Å²) in [4.78, 5) is 13.9. The van der Waals surface area contributed by atoms with E-state index in [4.69, 9.17) is 4.99 Å². The van der Waals surface area contributed by atoms with Crippen LogP contribution in [-0.2, 0) is 0 Å². The van der Waals surface area contributed by atoms with Crippen molar-refractivity contribution in [3.8, 4) is 0 Å². The van der Waals surface area contributed by atoms with Crippen molar-refractivity contribution < 1.29 is 0 Å². The van der Waals surface area contributed by atoms with Crippen LogP contribution in [0.5, 0.6) is 0 Å². The Morgan fingerprint density at radius 2 is 1.82 bits per heavy atom. The average molecular weight is 404 g/mol. The number of aliphatic imine (C=N–C) groups is 1. The first-order valence-electron chi connectivity index (χ1n) is 10.9. The summed E-state index contributed by atoms with van der Waals surface area (Å²) >= 11 is 1.99. The highest BCUT2D eigenvalue weighted by molar-refractivity contribution is 7.99. The maximum atomic E-state index is 4.95. The normalized spacial score (nSPS) is 22.0. The van der Waals surface area contributed by atoms with Gasteiger partial charge < -0.3 is 15.1 Å². The first-order chi connectivity index (χ1) is 13.8. The van der Waals surface area contributed by atoms with Crippen LogP contribution in [0.2, 0.25) is 0 Å². The van der Waals surface area contributed by atoms with Crippen LogP contribution in [0.15, 0.2) is 40.2 Å². The van der Waals surface area contributed by atoms with Crippen molar-refractivity contribution in [1.82, 2.24) is 20.0 Å². The number of likely N-dealkylation sites (N-methyl/N-ethyl adjacent to an activating group) is 1. The molecule has 1 aromatic carbocycles. The first kappa shape index (κ1) is 21.5. The highest BCUT2D eigenvalue weighted by atomic mass is 32.2. The van der Waals surface area contributed by atoms with Gasteiger partial charge in [-0.3, -0.25) is 9.89 Å². The van der Waals surface area contributed by atoms with Gasteiger partial charge in [-0.1, -0.05) is 25.1 Å². The molecule has 28 heavy (non-hydrogen) atoms. The number of benzene rings is 1. The molecule has 5 nitrogen and oxygen atoms in total. The molecule has 0 saturated carbocycles. The number of piperazine rings is 1. The van der Waals surface area contributed by atoms with Gasteiger partial charge in [-0.15, -0.1) is 11.8 Å². The molecule has 2 aliphatic rings. The first-order valence-corrected chi connectivity index (χ1v) is 11.9. The molecule has 0 amide bonds. The van der Waals surface area contributed by atoms with Gasteiger partial charge in [0.05, 0.1) is 6.54 Å². The molecule has 1 atom stereocenters. The lowest BCUT2D eigenvalue weighted by molar-refractivity contribution is 0.140. The van der Waals surface area contributed by atoms with E-state index in [0.29, 0.717) is 0 Å². The van der Waals surface area contributed by atoms with Gasteiger partial charge in [0.1, 0.15) is 0 Å². The maximum Gasteiger partial charge on any atom is 0.193 e. The lowest BCUT2D eigenvalue weighted by Crippen LogP contribution is -2.47. The second-order valence-electron chi connectivity index (χ2n) is 7.74. The van der Waals surface area contributed by atoms with Crippen LogP contribution in [0.4, 0.5) is 0 Å². The van der Waals surface area contributed by atoms with Crippen LogP contribution in [0, 0.1) is 5.92 Å². The predicted octanol–water partition coefficient (Wildman–Crippen LogP) is 2.70. The van der Waals surface area contributed by atoms with Crippen LogP contribution in [0.1, 0.15) is 20.3 Å². The molecule has 3 rings (SSSR count). The van der Waals surface area contributed by atoms with E-state index in [1.807, 2.05) is 11.8 Å². The van der Waals surface area contributed by atoms with E-state index in [2.05, 4.69) is 64.2 Å². The number of nitrogens with zero attached hydrogens (tertiary/aromatic N) is 4. The Morgan fingerprint density at radius 1 is 1.07 bits per heavy atom. The third-order valence-electron chi connectivity index (χ3n) is 5.74. The summed E-state index contributed by atoms with van der Waals surface area (Å²) in [5.74, 6) is 3.06. The van der Waals surface area contributed by atoms with Gasteiger partial charge in [0.15, 0.2) is 5.96 Å². The van der Waals surface area contributed by atoms with E-state index in [9.17, 15) is 0 Å². The van der Waals surface area contributed by atoms with Crippen molar-refractivity contribution in [2.45, 2.75) is 25.2 Å². The zero-order valence-electron chi connectivity index (χ0n) is 17.6. The third-order valence-corrected chi connectivity index (χ3v) is 6.98. The molecule has 1 unspecified atom stereocenters. The van der Waals surface area contributed by atoms with Crippen LogP contribution in [0.3, 0.4) is 0 Å². The van der Waals surface area contributed by atoms with Gasteiger partial charge in [-0.2, -0.15) is 0 Å². The lowest BCUT2D eigenvalue weighted by Gasteiger charge is -2.33. The summed E-state index contributed by atoms with van der Waals surface area (Å²) < 4.78 is 0. The molecule has 0 aliphatic carbocycles. The molecule has 0 spiro atoms. The van der Waals surface area contributed by atoms with Crippen molar-refractivity contribution in [3.63, 3.8) is 0 Å². The van der Waals surface area contributed by atoms with Gasteiger partial charge >= 0.3 is 0 Å². The van der Waals surface area contributed by atoms with Crippen LogP contribution in [0.25, 0.3) is 0 Å². The van der Waals surface area contributed by atoms with Crippen molar-refractivity contribution in [1.29, 1.82) is 0 Å².